The molecule has 47 heavy (non-hydrogen) atoms. The lowest BCUT2D eigenvalue weighted by Crippen LogP contribution is -2.66. The Bertz CT molecular complexity index is 2040. The second-order valence-corrected chi connectivity index (χ2v) is 12.5. The molecule has 0 radical (unpaired) electrons. The molecule has 2 atom stereocenters. The van der Waals surface area contributed by atoms with Crippen LogP contribution >= 0.6 is 11.3 Å². The van der Waals surface area contributed by atoms with Crippen molar-refractivity contribution in [3.05, 3.63) is 95.5 Å². The number of carbonyl (C=O) groups is 3. The zero-order valence-electron chi connectivity index (χ0n) is 25.0. The minimum absolute atomic E-state index is 0.0850. The highest BCUT2D eigenvalue weighted by atomic mass is 32.1. The normalized spacial score (nSPS) is 18.1. The molecule has 2 aliphatic rings. The number of para-hydroxylation sites is 1. The molecule has 2 aromatic heterocycles. The summed E-state index contributed by atoms with van der Waals surface area (Å²) < 4.78 is 19.8. The maximum Gasteiger partial charge on any atom is 0.333 e. The number of furan rings is 1. The van der Waals surface area contributed by atoms with Gasteiger partial charge in [-0.25, -0.2) is 19.2 Å². The summed E-state index contributed by atoms with van der Waals surface area (Å²) in [5.74, 6) is -0.968. The molecule has 7 rings (SSSR count). The fourth-order valence-corrected chi connectivity index (χ4v) is 7.11. The first-order valence-electron chi connectivity index (χ1n) is 14.9. The van der Waals surface area contributed by atoms with Crippen LogP contribution in [-0.2, 0) is 29.1 Å². The van der Waals surface area contributed by atoms with Gasteiger partial charge in [0.1, 0.15) is 30.2 Å². The molecule has 4 amide bonds. The number of anilines is 1. The van der Waals surface area contributed by atoms with Crippen LogP contribution in [0.2, 0.25) is 0 Å². The highest BCUT2D eigenvalue weighted by molar-refractivity contribution is 7.22. The van der Waals surface area contributed by atoms with Crippen LogP contribution in [0.3, 0.4) is 0 Å². The van der Waals surface area contributed by atoms with Crippen molar-refractivity contribution in [2.45, 2.75) is 31.7 Å². The monoisotopic (exact) mass is 652 g/mol. The fourth-order valence-electron chi connectivity index (χ4n) is 6.33. The molecule has 0 bridgehead atoms. The Morgan fingerprint density at radius 1 is 1.15 bits per heavy atom. The largest absolute Gasteiger partial charge is 0.464 e. The van der Waals surface area contributed by atoms with Gasteiger partial charge in [0.15, 0.2) is 5.13 Å². The molecule has 0 aliphatic carbocycles. The quantitative estimate of drug-likeness (QED) is 0.240. The standard InChI is InChI=1S/C33H29FN8O4S/c34-24-7-4-20(5-8-24)16-37-33(45)40(12-11-35)41-19-29(43)42-25(15-21-6-9-26-22(14-21)10-13-46-26)31(44)39(18-28(41)42)17-23-2-1-3-27-30(23)38-32(36)47-27/h1-10,13-14,25,28H,12,15-19H2,(H2,36,38)(H,37,45)/t25-,28+/m0/s1. The first-order chi connectivity index (χ1) is 22.8. The number of nitrogen functional groups attached to an aromatic ring is 1. The minimum Gasteiger partial charge on any atom is -0.464 e. The highest BCUT2D eigenvalue weighted by Gasteiger charge is 2.52. The maximum absolute atomic E-state index is 14.3. The molecule has 3 aromatic carbocycles. The zero-order valence-corrected chi connectivity index (χ0v) is 25.8. The smallest absolute Gasteiger partial charge is 0.333 e. The van der Waals surface area contributed by atoms with Crippen LogP contribution < -0.4 is 11.1 Å². The van der Waals surface area contributed by atoms with E-state index in [0.717, 1.165) is 21.2 Å². The van der Waals surface area contributed by atoms with Crippen LogP contribution in [0, 0.1) is 17.1 Å². The molecule has 5 aromatic rings. The molecule has 0 spiro atoms. The molecule has 2 fully saturated rings. The van der Waals surface area contributed by atoms with Crippen molar-refractivity contribution >= 4 is 55.5 Å². The summed E-state index contributed by atoms with van der Waals surface area (Å²) in [5.41, 5.74) is 9.72. The van der Waals surface area contributed by atoms with Gasteiger partial charge < -0.3 is 25.3 Å². The molecule has 12 nitrogen and oxygen atoms in total. The van der Waals surface area contributed by atoms with Crippen molar-refractivity contribution in [1.29, 1.82) is 5.26 Å². The number of hydrogen-bond acceptors (Lipinski definition) is 9. The molecular weight excluding hydrogens is 623 g/mol. The minimum atomic E-state index is -0.874. The van der Waals surface area contributed by atoms with E-state index in [-0.39, 0.29) is 51.0 Å². The number of nitrogens with zero attached hydrogens (tertiary/aromatic N) is 6. The lowest BCUT2D eigenvalue weighted by Gasteiger charge is -2.46. The molecule has 4 heterocycles. The molecule has 14 heteroatoms. The molecule has 2 aliphatic heterocycles. The Hall–Kier alpha value is -5.52. The first kappa shape index (κ1) is 30.2. The molecule has 3 N–H and O–H groups in total. The van der Waals surface area contributed by atoms with Crippen LogP contribution in [0.5, 0.6) is 0 Å². The fraction of sp³-hybridized carbons (Fsp3) is 0.242. The van der Waals surface area contributed by atoms with Crippen LogP contribution in [0.1, 0.15) is 16.7 Å². The number of halogens is 1. The van der Waals surface area contributed by atoms with Crippen molar-refractivity contribution in [3.8, 4) is 6.07 Å². The van der Waals surface area contributed by atoms with E-state index in [4.69, 9.17) is 10.2 Å². The Kier molecular flexibility index (Phi) is 7.92. The van der Waals surface area contributed by atoms with E-state index in [1.54, 1.807) is 28.3 Å². The Morgan fingerprint density at radius 2 is 1.96 bits per heavy atom. The number of amides is 4. The summed E-state index contributed by atoms with van der Waals surface area (Å²) in [7, 11) is 0. The van der Waals surface area contributed by atoms with E-state index >= 15 is 0 Å². The van der Waals surface area contributed by atoms with Crippen molar-refractivity contribution in [2.75, 3.05) is 25.4 Å². The number of aromatic nitrogens is 1. The molecular formula is C33H29FN8O4S. The lowest BCUT2D eigenvalue weighted by molar-refractivity contribution is -0.157. The summed E-state index contributed by atoms with van der Waals surface area (Å²) in [6.45, 7) is -0.155. The number of benzene rings is 3. The summed E-state index contributed by atoms with van der Waals surface area (Å²) in [4.78, 5) is 49.2. The van der Waals surface area contributed by atoms with E-state index < -0.39 is 24.1 Å². The number of rotatable bonds is 8. The number of thiazole rings is 1. The number of hydrogen-bond donors (Lipinski definition) is 2. The summed E-state index contributed by atoms with van der Waals surface area (Å²) in [6, 6.07) is 19.4. The Balaban J connectivity index is 1.21. The number of nitrogens with two attached hydrogens (primary N) is 1. The van der Waals surface area contributed by atoms with Gasteiger partial charge in [-0.05, 0) is 53.1 Å². The number of hydrazine groups is 1. The molecule has 0 saturated carbocycles. The average molecular weight is 653 g/mol. The summed E-state index contributed by atoms with van der Waals surface area (Å²) in [6.07, 6.45) is 1.10. The number of nitrogens with one attached hydrogen (secondary N) is 1. The Morgan fingerprint density at radius 3 is 2.77 bits per heavy atom. The number of piperazine rings is 1. The maximum atomic E-state index is 14.3. The van der Waals surface area contributed by atoms with Gasteiger partial charge in [0.2, 0.25) is 11.8 Å². The summed E-state index contributed by atoms with van der Waals surface area (Å²) in [5, 5.41) is 16.5. The first-order valence-corrected chi connectivity index (χ1v) is 15.7. The van der Waals surface area contributed by atoms with Gasteiger partial charge in [0, 0.05) is 24.9 Å². The van der Waals surface area contributed by atoms with Crippen LogP contribution in [-0.4, -0.2) is 74.5 Å². The number of urea groups is 1. The molecule has 0 unspecified atom stereocenters. The lowest BCUT2D eigenvalue weighted by atomic mass is 9.99. The van der Waals surface area contributed by atoms with Crippen molar-refractivity contribution in [2.24, 2.45) is 0 Å². The number of nitriles is 1. The van der Waals surface area contributed by atoms with E-state index in [1.165, 1.54) is 33.4 Å². The average Bonchev–Trinajstić information content (AvgIpc) is 3.77. The van der Waals surface area contributed by atoms with Gasteiger partial charge in [0.25, 0.3) is 0 Å². The number of fused-ring (bicyclic) bond motifs is 3. The van der Waals surface area contributed by atoms with E-state index in [9.17, 15) is 24.0 Å². The summed E-state index contributed by atoms with van der Waals surface area (Å²) >= 11 is 1.36. The van der Waals surface area contributed by atoms with Gasteiger partial charge in [-0.1, -0.05) is 41.7 Å². The van der Waals surface area contributed by atoms with Crippen molar-refractivity contribution < 1.29 is 23.2 Å². The van der Waals surface area contributed by atoms with E-state index in [2.05, 4.69) is 10.3 Å². The molecule has 238 valence electrons. The van der Waals surface area contributed by atoms with Crippen LogP contribution in [0.25, 0.3) is 21.2 Å². The number of carbonyl (C=O) groups excluding carboxylic acids is 3. The van der Waals surface area contributed by atoms with Gasteiger partial charge in [-0.2, -0.15) is 10.3 Å². The Labute approximate surface area is 272 Å². The predicted molar refractivity (Wildman–Crippen MR) is 171 cm³/mol. The highest BCUT2D eigenvalue weighted by Crippen LogP contribution is 2.33. The van der Waals surface area contributed by atoms with E-state index in [0.29, 0.717) is 21.8 Å². The van der Waals surface area contributed by atoms with Crippen molar-refractivity contribution in [3.63, 3.8) is 0 Å². The third-order valence-corrected chi connectivity index (χ3v) is 9.36. The van der Waals surface area contributed by atoms with Gasteiger partial charge in [0.05, 0.1) is 35.6 Å². The third-order valence-electron chi connectivity index (χ3n) is 8.51. The van der Waals surface area contributed by atoms with Crippen LogP contribution in [0.4, 0.5) is 14.3 Å². The second kappa shape index (κ2) is 12.3. The molecule has 2 saturated heterocycles. The third kappa shape index (κ3) is 5.82. The SMILES string of the molecule is N#CCN(C(=O)NCc1ccc(F)cc1)N1CC(=O)N2[C@@H](Cc3ccc4occc4c3)C(=O)N(Cc3cccc4sc(N)nc34)C[C@@H]21. The van der Waals surface area contributed by atoms with Crippen LogP contribution in [0.15, 0.2) is 77.4 Å². The van der Waals surface area contributed by atoms with Gasteiger partial charge >= 0.3 is 6.03 Å². The topological polar surface area (TPSA) is 152 Å². The zero-order chi connectivity index (χ0) is 32.7. The van der Waals surface area contributed by atoms with Gasteiger partial charge in [-0.15, -0.1) is 0 Å². The predicted octanol–water partition coefficient (Wildman–Crippen LogP) is 3.84. The van der Waals surface area contributed by atoms with Crippen molar-refractivity contribution in [1.82, 2.24) is 30.1 Å². The van der Waals surface area contributed by atoms with Gasteiger partial charge in [-0.3, -0.25) is 9.59 Å². The second-order valence-electron chi connectivity index (χ2n) is 11.4. The van der Waals surface area contributed by atoms with E-state index in [1.807, 2.05) is 48.5 Å².